The molecule has 2 heterocycles. The SMILES string of the molecule is COC12CSC=C1OCCO2. The van der Waals surface area contributed by atoms with E-state index in [1.165, 1.54) is 0 Å². The third-order valence-electron chi connectivity index (χ3n) is 1.84. The van der Waals surface area contributed by atoms with Gasteiger partial charge in [-0.1, -0.05) is 0 Å². The van der Waals surface area contributed by atoms with Crippen LogP contribution in [0.4, 0.5) is 0 Å². The van der Waals surface area contributed by atoms with E-state index in [9.17, 15) is 0 Å². The van der Waals surface area contributed by atoms with Gasteiger partial charge in [0.25, 0.3) is 0 Å². The van der Waals surface area contributed by atoms with E-state index >= 15 is 0 Å². The first-order chi connectivity index (χ1) is 5.37. The highest BCUT2D eigenvalue weighted by molar-refractivity contribution is 8.02. The number of hydrogen-bond acceptors (Lipinski definition) is 4. The molecule has 1 unspecified atom stereocenters. The maximum Gasteiger partial charge on any atom is 0.237 e. The standard InChI is InChI=1S/C7H10O3S/c1-8-7-5-11-4-6(7)9-2-3-10-7/h4H,2-3,5H2,1H3. The van der Waals surface area contributed by atoms with E-state index in [0.29, 0.717) is 13.2 Å². The normalized spacial score (nSPS) is 35.9. The number of fused-ring (bicyclic) bond motifs is 1. The molecule has 11 heavy (non-hydrogen) atoms. The molecule has 3 nitrogen and oxygen atoms in total. The molecule has 0 amide bonds. The van der Waals surface area contributed by atoms with E-state index in [4.69, 9.17) is 14.2 Å². The van der Waals surface area contributed by atoms with Crippen LogP contribution in [0.2, 0.25) is 0 Å². The maximum absolute atomic E-state index is 5.50. The number of thioether (sulfide) groups is 1. The summed E-state index contributed by atoms with van der Waals surface area (Å²) in [5.74, 6) is 1.07. The lowest BCUT2D eigenvalue weighted by Crippen LogP contribution is -2.43. The second-order valence-corrected chi connectivity index (χ2v) is 3.30. The van der Waals surface area contributed by atoms with Gasteiger partial charge >= 0.3 is 0 Å². The zero-order valence-electron chi connectivity index (χ0n) is 6.33. The van der Waals surface area contributed by atoms with Gasteiger partial charge < -0.3 is 14.2 Å². The number of ether oxygens (including phenoxy) is 3. The largest absolute Gasteiger partial charge is 0.489 e. The van der Waals surface area contributed by atoms with Crippen LogP contribution in [0.15, 0.2) is 11.2 Å². The van der Waals surface area contributed by atoms with Crippen molar-refractivity contribution in [2.24, 2.45) is 0 Å². The van der Waals surface area contributed by atoms with E-state index in [-0.39, 0.29) is 0 Å². The van der Waals surface area contributed by atoms with Gasteiger partial charge in [-0.2, -0.15) is 0 Å². The Labute approximate surface area is 69.7 Å². The van der Waals surface area contributed by atoms with Crippen molar-refractivity contribution in [1.82, 2.24) is 0 Å². The molecule has 1 fully saturated rings. The molecule has 2 rings (SSSR count). The summed E-state index contributed by atoms with van der Waals surface area (Å²) in [6.45, 7) is 1.25. The Morgan fingerprint density at radius 1 is 1.64 bits per heavy atom. The highest BCUT2D eigenvalue weighted by atomic mass is 32.2. The van der Waals surface area contributed by atoms with Crippen LogP contribution in [0, 0.1) is 0 Å². The van der Waals surface area contributed by atoms with Crippen LogP contribution in [0.5, 0.6) is 0 Å². The average Bonchev–Trinajstić information content (AvgIpc) is 2.48. The van der Waals surface area contributed by atoms with Gasteiger partial charge in [0.15, 0.2) is 5.76 Å². The van der Waals surface area contributed by atoms with Crippen molar-refractivity contribution in [2.75, 3.05) is 26.1 Å². The Hall–Kier alpha value is -0.190. The molecular formula is C7H10O3S. The van der Waals surface area contributed by atoms with Crippen LogP contribution in [0.1, 0.15) is 0 Å². The van der Waals surface area contributed by atoms with Crippen LogP contribution >= 0.6 is 11.8 Å². The van der Waals surface area contributed by atoms with Gasteiger partial charge in [0.05, 0.1) is 12.4 Å². The zero-order chi connectivity index (χ0) is 7.73. The van der Waals surface area contributed by atoms with Crippen LogP contribution < -0.4 is 0 Å². The predicted octanol–water partition coefficient (Wildman–Crippen LogP) is 0.964. The van der Waals surface area contributed by atoms with Crippen molar-refractivity contribution in [2.45, 2.75) is 5.79 Å². The molecule has 2 aliphatic heterocycles. The molecule has 62 valence electrons. The van der Waals surface area contributed by atoms with Crippen molar-refractivity contribution in [1.29, 1.82) is 0 Å². The van der Waals surface area contributed by atoms with E-state index in [0.717, 1.165) is 11.5 Å². The van der Waals surface area contributed by atoms with E-state index in [1.807, 2.05) is 5.41 Å². The zero-order valence-corrected chi connectivity index (χ0v) is 7.15. The summed E-state index contributed by atoms with van der Waals surface area (Å²) in [5.41, 5.74) is 0. The molecule has 0 aromatic carbocycles. The minimum atomic E-state index is -0.567. The Morgan fingerprint density at radius 2 is 2.55 bits per heavy atom. The van der Waals surface area contributed by atoms with Crippen LogP contribution in [-0.4, -0.2) is 31.9 Å². The maximum atomic E-state index is 5.50. The summed E-state index contributed by atoms with van der Waals surface area (Å²) >= 11 is 1.67. The van der Waals surface area contributed by atoms with Gasteiger partial charge in [0.1, 0.15) is 6.61 Å². The molecule has 0 spiro atoms. The second-order valence-electron chi connectivity index (χ2n) is 2.45. The van der Waals surface area contributed by atoms with Gasteiger partial charge in [0, 0.05) is 12.5 Å². The number of hydrogen-bond donors (Lipinski definition) is 0. The van der Waals surface area contributed by atoms with Crippen molar-refractivity contribution in [3.63, 3.8) is 0 Å². The molecule has 1 atom stereocenters. The summed E-state index contributed by atoms with van der Waals surface area (Å²) in [7, 11) is 1.65. The molecule has 0 saturated carbocycles. The lowest BCUT2D eigenvalue weighted by Gasteiger charge is -2.33. The van der Waals surface area contributed by atoms with Crippen molar-refractivity contribution in [3.05, 3.63) is 11.2 Å². The molecule has 2 aliphatic rings. The van der Waals surface area contributed by atoms with Crippen LogP contribution in [0.25, 0.3) is 0 Å². The Balaban J connectivity index is 2.21. The van der Waals surface area contributed by atoms with E-state index in [2.05, 4.69) is 0 Å². The predicted molar refractivity (Wildman–Crippen MR) is 42.2 cm³/mol. The highest BCUT2D eigenvalue weighted by Crippen LogP contribution is 2.38. The van der Waals surface area contributed by atoms with E-state index in [1.54, 1.807) is 18.9 Å². The van der Waals surface area contributed by atoms with Gasteiger partial charge in [-0.05, 0) is 0 Å². The van der Waals surface area contributed by atoms with Crippen molar-refractivity contribution >= 4 is 11.8 Å². The fourth-order valence-corrected chi connectivity index (χ4v) is 2.27. The Morgan fingerprint density at radius 3 is 3.27 bits per heavy atom. The van der Waals surface area contributed by atoms with Gasteiger partial charge in [-0.15, -0.1) is 11.8 Å². The fraction of sp³-hybridized carbons (Fsp3) is 0.714. The van der Waals surface area contributed by atoms with Gasteiger partial charge in [-0.3, -0.25) is 0 Å². The molecule has 0 radical (unpaired) electrons. The molecule has 0 bridgehead atoms. The quantitative estimate of drug-likeness (QED) is 0.592. The average molecular weight is 174 g/mol. The number of methoxy groups -OCH3 is 1. The Kier molecular flexibility index (Phi) is 1.83. The fourth-order valence-electron chi connectivity index (χ4n) is 1.22. The minimum Gasteiger partial charge on any atom is -0.489 e. The molecular weight excluding hydrogens is 164 g/mol. The third kappa shape index (κ3) is 1.06. The summed E-state index contributed by atoms with van der Waals surface area (Å²) in [6, 6.07) is 0. The van der Waals surface area contributed by atoms with Crippen LogP contribution in [0.3, 0.4) is 0 Å². The van der Waals surface area contributed by atoms with Gasteiger partial charge in [0.2, 0.25) is 5.79 Å². The molecule has 0 aliphatic carbocycles. The molecule has 4 heteroatoms. The molecule has 1 saturated heterocycles. The Bertz CT molecular complexity index is 192. The first-order valence-electron chi connectivity index (χ1n) is 3.51. The second kappa shape index (κ2) is 2.69. The first kappa shape index (κ1) is 7.46. The molecule has 0 N–H and O–H groups in total. The lowest BCUT2D eigenvalue weighted by molar-refractivity contribution is -0.231. The summed E-state index contributed by atoms with van der Waals surface area (Å²) in [5, 5.41) is 1.96. The summed E-state index contributed by atoms with van der Waals surface area (Å²) in [4.78, 5) is 0. The van der Waals surface area contributed by atoms with Crippen molar-refractivity contribution < 1.29 is 14.2 Å². The number of rotatable bonds is 1. The van der Waals surface area contributed by atoms with Crippen LogP contribution in [-0.2, 0) is 14.2 Å². The molecule has 0 aromatic heterocycles. The summed E-state index contributed by atoms with van der Waals surface area (Å²) < 4.78 is 16.2. The lowest BCUT2D eigenvalue weighted by atomic mass is 10.2. The van der Waals surface area contributed by atoms with Crippen molar-refractivity contribution in [3.8, 4) is 0 Å². The first-order valence-corrected chi connectivity index (χ1v) is 4.56. The van der Waals surface area contributed by atoms with Gasteiger partial charge in [-0.25, -0.2) is 0 Å². The third-order valence-corrected chi connectivity index (χ3v) is 2.77. The van der Waals surface area contributed by atoms with E-state index < -0.39 is 5.79 Å². The topological polar surface area (TPSA) is 27.7 Å². The minimum absolute atomic E-state index is 0.567. The summed E-state index contributed by atoms with van der Waals surface area (Å²) in [6.07, 6.45) is 0. The highest BCUT2D eigenvalue weighted by Gasteiger charge is 2.43. The molecule has 0 aromatic rings. The monoisotopic (exact) mass is 174 g/mol. The smallest absolute Gasteiger partial charge is 0.237 e.